The average Bonchev–Trinajstić information content (AvgIpc) is 3.43. The smallest absolute Gasteiger partial charge is 0.417 e. The van der Waals surface area contributed by atoms with Gasteiger partial charge in [0.1, 0.15) is 16.4 Å². The van der Waals surface area contributed by atoms with Gasteiger partial charge in [0.15, 0.2) is 0 Å². The maximum absolute atomic E-state index is 12.6. The van der Waals surface area contributed by atoms with Crippen LogP contribution in [0.1, 0.15) is 64.9 Å². The number of amides is 7. The summed E-state index contributed by atoms with van der Waals surface area (Å²) in [5, 5.41) is 4.88. The molecule has 4 heterocycles. The Morgan fingerprint density at radius 3 is 2.12 bits per heavy atom. The lowest BCUT2D eigenvalue weighted by molar-refractivity contribution is -0.161. The van der Waals surface area contributed by atoms with E-state index in [9.17, 15) is 33.6 Å². The van der Waals surface area contributed by atoms with Gasteiger partial charge in [-0.1, -0.05) is 30.3 Å². The standard InChI is InChI=1S/C15H16N2O3.C13H18N2O5/c18-12-6-7-15(8-9-16-13(15)19)14(20)17(12)10-11-4-2-1-3-5-11;1-12(2,3)20-11(19)15-7-6-13(10(15)18)5-4-8(16)14-9(13)17/h1-5H,6-10H2,(H,16,19);4-7H2,1-3H3,(H,14,16,17). The van der Waals surface area contributed by atoms with Gasteiger partial charge in [-0.3, -0.25) is 39.0 Å². The number of imide groups is 3. The number of nitrogens with one attached hydrogen (secondary N) is 2. The van der Waals surface area contributed by atoms with Gasteiger partial charge in [0.2, 0.25) is 35.4 Å². The van der Waals surface area contributed by atoms with Crippen molar-refractivity contribution in [3.63, 3.8) is 0 Å². The monoisotopic (exact) mass is 554 g/mol. The number of carbonyl (C=O) groups is 7. The second-order valence-corrected chi connectivity index (χ2v) is 11.5. The lowest BCUT2D eigenvalue weighted by Gasteiger charge is -2.36. The third-order valence-electron chi connectivity index (χ3n) is 7.67. The Kier molecular flexibility index (Phi) is 7.82. The maximum Gasteiger partial charge on any atom is 0.417 e. The average molecular weight is 555 g/mol. The number of likely N-dealkylation sites (tertiary alicyclic amines) is 2. The molecule has 2 unspecified atom stereocenters. The number of ether oxygens (including phenoxy) is 1. The lowest BCUT2D eigenvalue weighted by atomic mass is 9.77. The highest BCUT2D eigenvalue weighted by Crippen LogP contribution is 2.40. The van der Waals surface area contributed by atoms with Crippen LogP contribution in [0.2, 0.25) is 0 Å². The van der Waals surface area contributed by atoms with Crippen molar-refractivity contribution in [1.29, 1.82) is 0 Å². The highest BCUT2D eigenvalue weighted by Gasteiger charge is 2.57. The maximum atomic E-state index is 12.6. The molecule has 12 heteroatoms. The highest BCUT2D eigenvalue weighted by atomic mass is 16.6. The van der Waals surface area contributed by atoms with Crippen LogP contribution in [0.5, 0.6) is 0 Å². The molecule has 0 bridgehead atoms. The first-order valence-corrected chi connectivity index (χ1v) is 13.4. The quantitative estimate of drug-likeness (QED) is 0.410. The lowest BCUT2D eigenvalue weighted by Crippen LogP contribution is -2.54. The van der Waals surface area contributed by atoms with Crippen molar-refractivity contribution in [2.75, 3.05) is 13.1 Å². The molecule has 0 radical (unpaired) electrons. The SMILES string of the molecule is CC(C)(C)OC(=O)N1CCC2(CCC(=O)NC2=O)C1=O.O=C1CCC2(CCNC2=O)C(=O)N1Cc1ccccc1. The fourth-order valence-corrected chi connectivity index (χ4v) is 5.43. The molecule has 12 nitrogen and oxygen atoms in total. The van der Waals surface area contributed by atoms with E-state index in [2.05, 4.69) is 10.6 Å². The Morgan fingerprint density at radius 1 is 0.875 bits per heavy atom. The summed E-state index contributed by atoms with van der Waals surface area (Å²) >= 11 is 0. The zero-order valence-electron chi connectivity index (χ0n) is 22.9. The van der Waals surface area contributed by atoms with Crippen molar-refractivity contribution in [2.24, 2.45) is 10.8 Å². The Hall–Kier alpha value is -4.09. The molecule has 0 aliphatic carbocycles. The molecule has 2 spiro atoms. The Morgan fingerprint density at radius 2 is 1.52 bits per heavy atom. The van der Waals surface area contributed by atoms with Crippen molar-refractivity contribution < 1.29 is 38.3 Å². The first-order valence-electron chi connectivity index (χ1n) is 13.4. The largest absolute Gasteiger partial charge is 0.443 e. The number of rotatable bonds is 2. The molecule has 214 valence electrons. The number of nitrogens with zero attached hydrogens (tertiary/aromatic N) is 2. The van der Waals surface area contributed by atoms with Crippen LogP contribution < -0.4 is 10.6 Å². The van der Waals surface area contributed by atoms with E-state index in [1.54, 1.807) is 20.8 Å². The Bertz CT molecular complexity index is 1260. The second-order valence-electron chi connectivity index (χ2n) is 11.5. The van der Waals surface area contributed by atoms with Gasteiger partial charge in [0, 0.05) is 25.9 Å². The molecule has 2 atom stereocenters. The predicted octanol–water partition coefficient (Wildman–Crippen LogP) is 1.42. The van der Waals surface area contributed by atoms with Gasteiger partial charge in [-0.05, 0) is 52.0 Å². The number of benzene rings is 1. The van der Waals surface area contributed by atoms with Crippen LogP contribution in [0.25, 0.3) is 0 Å². The van der Waals surface area contributed by atoms with Crippen molar-refractivity contribution in [2.45, 2.75) is 71.4 Å². The van der Waals surface area contributed by atoms with Gasteiger partial charge in [0.05, 0.1) is 6.54 Å². The zero-order chi connectivity index (χ0) is 29.3. The molecule has 4 aliphatic rings. The van der Waals surface area contributed by atoms with Crippen molar-refractivity contribution in [1.82, 2.24) is 20.4 Å². The van der Waals surface area contributed by atoms with Gasteiger partial charge in [-0.15, -0.1) is 0 Å². The fraction of sp³-hybridized carbons (Fsp3) is 0.536. The summed E-state index contributed by atoms with van der Waals surface area (Å²) in [6.45, 7) is 5.99. The summed E-state index contributed by atoms with van der Waals surface area (Å²) in [6, 6.07) is 9.36. The third kappa shape index (κ3) is 5.47. The van der Waals surface area contributed by atoms with Crippen LogP contribution in [0.15, 0.2) is 30.3 Å². The number of carbonyl (C=O) groups excluding carboxylic acids is 7. The summed E-state index contributed by atoms with van der Waals surface area (Å²) in [7, 11) is 0. The number of piperidine rings is 2. The van der Waals surface area contributed by atoms with Crippen LogP contribution in [0.3, 0.4) is 0 Å². The molecule has 4 fully saturated rings. The molecule has 0 saturated carbocycles. The van der Waals surface area contributed by atoms with Gasteiger partial charge in [-0.2, -0.15) is 0 Å². The molecule has 7 amide bonds. The molecule has 1 aromatic carbocycles. The molecule has 2 N–H and O–H groups in total. The molecule has 1 aromatic rings. The molecular weight excluding hydrogens is 520 g/mol. The summed E-state index contributed by atoms with van der Waals surface area (Å²) < 4.78 is 5.15. The highest BCUT2D eigenvalue weighted by molar-refractivity contribution is 6.16. The van der Waals surface area contributed by atoms with E-state index >= 15 is 0 Å². The van der Waals surface area contributed by atoms with Crippen LogP contribution in [0.4, 0.5) is 4.79 Å². The first-order chi connectivity index (χ1) is 18.8. The summed E-state index contributed by atoms with van der Waals surface area (Å²) in [5.74, 6) is -2.32. The molecule has 5 rings (SSSR count). The normalized spacial score (nSPS) is 26.6. The van der Waals surface area contributed by atoms with Crippen molar-refractivity contribution in [3.8, 4) is 0 Å². The van der Waals surface area contributed by atoms with Gasteiger partial charge < -0.3 is 10.1 Å². The van der Waals surface area contributed by atoms with Crippen molar-refractivity contribution >= 4 is 41.5 Å². The van der Waals surface area contributed by atoms with E-state index < -0.39 is 34.3 Å². The van der Waals surface area contributed by atoms with Gasteiger partial charge >= 0.3 is 6.09 Å². The molecule has 4 aliphatic heterocycles. The van der Waals surface area contributed by atoms with Gasteiger partial charge in [0.25, 0.3) is 0 Å². The van der Waals surface area contributed by atoms with E-state index in [0.29, 0.717) is 19.4 Å². The van der Waals surface area contributed by atoms with Crippen LogP contribution in [-0.4, -0.2) is 70.0 Å². The Balaban J connectivity index is 0.000000185. The minimum atomic E-state index is -1.29. The van der Waals surface area contributed by atoms with E-state index in [-0.39, 0.29) is 62.4 Å². The van der Waals surface area contributed by atoms with Gasteiger partial charge in [-0.25, -0.2) is 9.69 Å². The molecule has 0 aromatic heterocycles. The number of hydrogen-bond acceptors (Lipinski definition) is 8. The van der Waals surface area contributed by atoms with Crippen molar-refractivity contribution in [3.05, 3.63) is 35.9 Å². The minimum absolute atomic E-state index is 0.111. The zero-order valence-corrected chi connectivity index (χ0v) is 22.9. The van der Waals surface area contributed by atoms with Crippen LogP contribution in [-0.2, 0) is 40.0 Å². The second kappa shape index (κ2) is 10.8. The topological polar surface area (TPSA) is 159 Å². The van der Waals surface area contributed by atoms with E-state index in [4.69, 9.17) is 4.74 Å². The van der Waals surface area contributed by atoms with E-state index in [0.717, 1.165) is 10.5 Å². The van der Waals surface area contributed by atoms with Crippen LogP contribution >= 0.6 is 0 Å². The molecule has 4 saturated heterocycles. The number of hydrogen-bond donors (Lipinski definition) is 2. The van der Waals surface area contributed by atoms with E-state index in [1.165, 1.54) is 4.90 Å². The van der Waals surface area contributed by atoms with E-state index in [1.807, 2.05) is 30.3 Å². The summed E-state index contributed by atoms with van der Waals surface area (Å²) in [5.41, 5.74) is -2.12. The van der Waals surface area contributed by atoms with Crippen LogP contribution in [0, 0.1) is 10.8 Å². The molecule has 40 heavy (non-hydrogen) atoms. The summed E-state index contributed by atoms with van der Waals surface area (Å²) in [6.07, 6.45) is 0.820. The fourth-order valence-electron chi connectivity index (χ4n) is 5.43. The third-order valence-corrected chi connectivity index (χ3v) is 7.67. The summed E-state index contributed by atoms with van der Waals surface area (Å²) in [4.78, 5) is 86.3. The molecular formula is C28H34N4O8. The first kappa shape index (κ1) is 28.9. The minimum Gasteiger partial charge on any atom is -0.443 e. The predicted molar refractivity (Wildman–Crippen MR) is 139 cm³/mol. The Labute approximate surface area is 231 Å².